The normalized spacial score (nSPS) is 14.6. The van der Waals surface area contributed by atoms with E-state index < -0.39 is 0 Å². The van der Waals surface area contributed by atoms with Crippen LogP contribution < -0.4 is 4.90 Å². The van der Waals surface area contributed by atoms with E-state index in [1.165, 1.54) is 7.11 Å². The number of benzene rings is 1. The molecule has 0 fully saturated rings. The van der Waals surface area contributed by atoms with Crippen molar-refractivity contribution in [3.8, 4) is 0 Å². The fraction of sp³-hybridized carbons (Fsp3) is 0.529. The number of amides is 1. The number of rotatable bonds is 2. The highest BCUT2D eigenvalue weighted by molar-refractivity contribution is 5.99. The Hall–Kier alpha value is -1.84. The molecule has 0 atom stereocenters. The van der Waals surface area contributed by atoms with E-state index in [9.17, 15) is 9.59 Å². The van der Waals surface area contributed by atoms with Gasteiger partial charge in [-0.25, -0.2) is 4.79 Å². The summed E-state index contributed by atoms with van der Waals surface area (Å²) in [4.78, 5) is 26.2. The molecule has 114 valence electrons. The third-order valence-electron chi connectivity index (χ3n) is 3.64. The Kier molecular flexibility index (Phi) is 4.35. The molecule has 1 aromatic carbocycles. The average molecular weight is 289 g/mol. The number of hydrogen-bond donors (Lipinski definition) is 0. The van der Waals surface area contributed by atoms with E-state index in [1.54, 1.807) is 6.07 Å². The predicted molar refractivity (Wildman–Crippen MR) is 82.5 cm³/mol. The number of hydrogen-bond acceptors (Lipinski definition) is 3. The molecule has 2 rings (SSSR count). The summed E-state index contributed by atoms with van der Waals surface area (Å²) >= 11 is 0. The summed E-state index contributed by atoms with van der Waals surface area (Å²) in [6, 6.07) is 5.50. The number of nitrogens with zero attached hydrogens (tertiary/aromatic N) is 1. The molecule has 0 aromatic heterocycles. The molecule has 0 unspecified atom stereocenters. The van der Waals surface area contributed by atoms with Gasteiger partial charge in [-0.1, -0.05) is 26.8 Å². The highest BCUT2D eigenvalue weighted by atomic mass is 16.5. The van der Waals surface area contributed by atoms with Gasteiger partial charge >= 0.3 is 5.97 Å². The first-order valence-electron chi connectivity index (χ1n) is 7.34. The predicted octanol–water partition coefficient (Wildman–Crippen LogP) is 3.19. The van der Waals surface area contributed by atoms with Crippen LogP contribution in [0.25, 0.3) is 0 Å². The van der Waals surface area contributed by atoms with Gasteiger partial charge in [0.2, 0.25) is 5.91 Å². The van der Waals surface area contributed by atoms with E-state index in [0.29, 0.717) is 18.5 Å². The molecule has 0 saturated heterocycles. The van der Waals surface area contributed by atoms with Gasteiger partial charge in [0.1, 0.15) is 0 Å². The molecule has 0 bridgehead atoms. The second-order valence-corrected chi connectivity index (χ2v) is 6.68. The summed E-state index contributed by atoms with van der Waals surface area (Å²) in [5.74, 6) is -0.220. The Morgan fingerprint density at radius 3 is 2.62 bits per heavy atom. The monoisotopic (exact) mass is 289 g/mol. The van der Waals surface area contributed by atoms with Crippen LogP contribution in [0.2, 0.25) is 0 Å². The van der Waals surface area contributed by atoms with Gasteiger partial charge in [-0.3, -0.25) is 4.79 Å². The van der Waals surface area contributed by atoms with Gasteiger partial charge in [0.05, 0.1) is 12.7 Å². The fourth-order valence-electron chi connectivity index (χ4n) is 2.73. The zero-order chi connectivity index (χ0) is 15.6. The minimum absolute atomic E-state index is 0.0470. The van der Waals surface area contributed by atoms with Crippen LogP contribution >= 0.6 is 0 Å². The fourth-order valence-corrected chi connectivity index (χ4v) is 2.73. The van der Waals surface area contributed by atoms with Crippen molar-refractivity contribution in [2.75, 3.05) is 18.6 Å². The number of esters is 1. The van der Waals surface area contributed by atoms with Crippen LogP contribution in [0.3, 0.4) is 0 Å². The number of methoxy groups -OCH3 is 1. The number of fused-ring (bicyclic) bond motifs is 1. The first-order chi connectivity index (χ1) is 9.83. The molecule has 1 aliphatic heterocycles. The Morgan fingerprint density at radius 2 is 2.00 bits per heavy atom. The molecule has 1 aromatic rings. The summed E-state index contributed by atoms with van der Waals surface area (Å²) in [7, 11) is 1.38. The van der Waals surface area contributed by atoms with Crippen LogP contribution in [0.5, 0.6) is 0 Å². The molecule has 4 heteroatoms. The second kappa shape index (κ2) is 5.88. The van der Waals surface area contributed by atoms with Crippen molar-refractivity contribution in [1.82, 2.24) is 0 Å². The summed E-state index contributed by atoms with van der Waals surface area (Å²) in [5, 5.41) is 0. The van der Waals surface area contributed by atoms with Crippen LogP contribution in [0.4, 0.5) is 5.69 Å². The molecule has 1 amide bonds. The van der Waals surface area contributed by atoms with Crippen molar-refractivity contribution in [1.29, 1.82) is 0 Å². The summed E-state index contributed by atoms with van der Waals surface area (Å²) < 4.78 is 4.84. The molecular formula is C17H23NO3. The molecule has 0 radical (unpaired) electrons. The van der Waals surface area contributed by atoms with Crippen LogP contribution in [-0.4, -0.2) is 25.5 Å². The quantitative estimate of drug-likeness (QED) is 0.786. The van der Waals surface area contributed by atoms with Gasteiger partial charge in [-0.05, 0) is 36.0 Å². The lowest BCUT2D eigenvalue weighted by atomic mass is 9.90. The average Bonchev–Trinajstić information content (AvgIpc) is 2.43. The van der Waals surface area contributed by atoms with Crippen LogP contribution in [-0.2, 0) is 16.0 Å². The molecule has 4 nitrogen and oxygen atoms in total. The maximum Gasteiger partial charge on any atom is 0.338 e. The van der Waals surface area contributed by atoms with Crippen molar-refractivity contribution < 1.29 is 14.3 Å². The van der Waals surface area contributed by atoms with E-state index >= 15 is 0 Å². The second-order valence-electron chi connectivity index (χ2n) is 6.68. The van der Waals surface area contributed by atoms with Gasteiger partial charge in [0, 0.05) is 18.7 Å². The van der Waals surface area contributed by atoms with E-state index in [-0.39, 0.29) is 17.3 Å². The molecule has 0 spiro atoms. The van der Waals surface area contributed by atoms with E-state index in [4.69, 9.17) is 4.74 Å². The van der Waals surface area contributed by atoms with Crippen molar-refractivity contribution in [2.45, 2.75) is 40.0 Å². The van der Waals surface area contributed by atoms with Crippen LogP contribution in [0.1, 0.15) is 49.5 Å². The van der Waals surface area contributed by atoms with Gasteiger partial charge in [-0.2, -0.15) is 0 Å². The molecular weight excluding hydrogens is 266 g/mol. The maximum absolute atomic E-state index is 12.5. The van der Waals surface area contributed by atoms with Crippen molar-refractivity contribution >= 4 is 17.6 Å². The summed E-state index contributed by atoms with van der Waals surface area (Å²) in [5.41, 5.74) is 2.31. The lowest BCUT2D eigenvalue weighted by Gasteiger charge is -2.32. The van der Waals surface area contributed by atoms with Crippen molar-refractivity contribution in [2.24, 2.45) is 5.41 Å². The maximum atomic E-state index is 12.5. The topological polar surface area (TPSA) is 46.6 Å². The minimum atomic E-state index is -0.336. The third-order valence-corrected chi connectivity index (χ3v) is 3.64. The molecule has 1 aliphatic rings. The van der Waals surface area contributed by atoms with Crippen molar-refractivity contribution in [3.05, 3.63) is 29.3 Å². The largest absolute Gasteiger partial charge is 0.465 e. The molecule has 1 heterocycles. The van der Waals surface area contributed by atoms with E-state index in [1.807, 2.05) is 17.0 Å². The van der Waals surface area contributed by atoms with E-state index in [2.05, 4.69) is 20.8 Å². The molecule has 0 saturated carbocycles. The summed E-state index contributed by atoms with van der Waals surface area (Å²) in [6.45, 7) is 6.88. The van der Waals surface area contributed by atoms with E-state index in [0.717, 1.165) is 24.1 Å². The minimum Gasteiger partial charge on any atom is -0.465 e. The standard InChI is InChI=1S/C17H23NO3/c1-17(2,3)11-15(19)18-10-6-8-12-13(16(20)21-4)7-5-9-14(12)18/h5,7,9H,6,8,10-11H2,1-4H3. The van der Waals surface area contributed by atoms with Gasteiger partial charge in [0.25, 0.3) is 0 Å². The van der Waals surface area contributed by atoms with Crippen LogP contribution in [0.15, 0.2) is 18.2 Å². The first kappa shape index (κ1) is 15.5. The summed E-state index contributed by atoms with van der Waals surface area (Å²) in [6.07, 6.45) is 2.17. The third kappa shape index (κ3) is 3.43. The molecule has 21 heavy (non-hydrogen) atoms. The molecule has 0 N–H and O–H groups in total. The first-order valence-corrected chi connectivity index (χ1v) is 7.34. The number of anilines is 1. The van der Waals surface area contributed by atoms with Gasteiger partial charge < -0.3 is 9.64 Å². The lowest BCUT2D eigenvalue weighted by molar-refractivity contribution is -0.120. The van der Waals surface area contributed by atoms with Gasteiger partial charge in [0.15, 0.2) is 0 Å². The SMILES string of the molecule is COC(=O)c1cccc2c1CCCN2C(=O)CC(C)(C)C. The Labute approximate surface area is 126 Å². The highest BCUT2D eigenvalue weighted by Gasteiger charge is 2.28. The Morgan fingerprint density at radius 1 is 1.29 bits per heavy atom. The van der Waals surface area contributed by atoms with Crippen molar-refractivity contribution in [3.63, 3.8) is 0 Å². The number of carbonyl (C=O) groups is 2. The Balaban J connectivity index is 2.36. The van der Waals surface area contributed by atoms with Gasteiger partial charge in [-0.15, -0.1) is 0 Å². The number of carbonyl (C=O) groups excluding carboxylic acids is 2. The number of ether oxygens (including phenoxy) is 1. The smallest absolute Gasteiger partial charge is 0.338 e. The zero-order valence-corrected chi connectivity index (χ0v) is 13.2. The lowest BCUT2D eigenvalue weighted by Crippen LogP contribution is -2.37. The highest BCUT2D eigenvalue weighted by Crippen LogP contribution is 2.32. The van der Waals surface area contributed by atoms with Crippen LogP contribution in [0, 0.1) is 5.41 Å². The Bertz CT molecular complexity index is 558. The zero-order valence-electron chi connectivity index (χ0n) is 13.2. The molecule has 0 aliphatic carbocycles.